The maximum absolute atomic E-state index is 5.41. The zero-order valence-corrected chi connectivity index (χ0v) is 12.4. The van der Waals surface area contributed by atoms with Gasteiger partial charge in [0.05, 0.1) is 14.2 Å². The summed E-state index contributed by atoms with van der Waals surface area (Å²) in [4.78, 5) is 13.6. The molecule has 0 spiro atoms. The second kappa shape index (κ2) is 6.50. The Kier molecular flexibility index (Phi) is 4.71. The fourth-order valence-electron chi connectivity index (χ4n) is 2.21. The number of pyridine rings is 1. The van der Waals surface area contributed by atoms with Crippen LogP contribution in [0.25, 0.3) is 0 Å². The Hall–Kier alpha value is -1.91. The monoisotopic (exact) mass is 275 g/mol. The second-order valence-corrected chi connectivity index (χ2v) is 5.07. The molecule has 0 aromatic carbocycles. The van der Waals surface area contributed by atoms with Crippen LogP contribution in [0.4, 0.5) is 0 Å². The molecule has 0 bridgehead atoms. The van der Waals surface area contributed by atoms with Crippen molar-refractivity contribution in [1.82, 2.24) is 4.98 Å². The topological polar surface area (TPSA) is 56.1 Å². The molecule has 5 nitrogen and oxygen atoms in total. The summed E-state index contributed by atoms with van der Waals surface area (Å²) in [7, 11) is 3.27. The minimum atomic E-state index is -0.167. The van der Waals surface area contributed by atoms with Gasteiger partial charge in [0.2, 0.25) is 11.8 Å². The van der Waals surface area contributed by atoms with Crippen LogP contribution in [0.1, 0.15) is 19.5 Å². The normalized spacial score (nSPS) is 22.2. The van der Waals surface area contributed by atoms with Gasteiger partial charge in [0, 0.05) is 18.3 Å². The molecule has 108 valence electrons. The van der Waals surface area contributed by atoms with Crippen molar-refractivity contribution >= 4 is 11.8 Å². The maximum Gasteiger partial charge on any atom is 0.209 e. The fraction of sp³-hybridized carbons (Fsp3) is 0.533. The average Bonchev–Trinajstić information content (AvgIpc) is 2.47. The van der Waals surface area contributed by atoms with Gasteiger partial charge in [0.15, 0.2) is 0 Å². The minimum Gasteiger partial charge on any atom is -0.483 e. The molecule has 0 amide bonds. The highest BCUT2D eigenvalue weighted by Gasteiger charge is 2.31. The van der Waals surface area contributed by atoms with E-state index in [2.05, 4.69) is 28.8 Å². The third kappa shape index (κ3) is 3.15. The lowest BCUT2D eigenvalue weighted by atomic mass is 10.0. The van der Waals surface area contributed by atoms with Crippen LogP contribution in [-0.2, 0) is 15.9 Å². The zero-order valence-electron chi connectivity index (χ0n) is 12.4. The summed E-state index contributed by atoms with van der Waals surface area (Å²) in [6.07, 6.45) is 2.44. The van der Waals surface area contributed by atoms with Gasteiger partial charge in [-0.15, -0.1) is 0 Å². The molecule has 0 saturated heterocycles. The molecule has 0 radical (unpaired) electrons. The molecule has 0 saturated carbocycles. The van der Waals surface area contributed by atoms with Crippen molar-refractivity contribution in [2.24, 2.45) is 15.9 Å². The molecule has 20 heavy (non-hydrogen) atoms. The third-order valence-electron chi connectivity index (χ3n) is 3.27. The Bertz CT molecular complexity index is 497. The Morgan fingerprint density at radius 2 is 1.85 bits per heavy atom. The molecule has 0 fully saturated rings. The standard InChI is InChI=1S/C15H21N3O2/c1-10(2)13-15(20-4)17-12(14(18-13)19-3)9-11-7-5-6-8-16-11/h5-8,10,12-13H,9H2,1-4H3/t12-,13-/m0/s1. The lowest BCUT2D eigenvalue weighted by Gasteiger charge is -2.26. The first-order valence-corrected chi connectivity index (χ1v) is 6.79. The van der Waals surface area contributed by atoms with Gasteiger partial charge in [0.1, 0.15) is 12.1 Å². The van der Waals surface area contributed by atoms with Crippen molar-refractivity contribution in [2.45, 2.75) is 32.4 Å². The van der Waals surface area contributed by atoms with E-state index >= 15 is 0 Å². The lowest BCUT2D eigenvalue weighted by Crippen LogP contribution is -2.38. The van der Waals surface area contributed by atoms with Gasteiger partial charge in [-0.25, -0.2) is 9.98 Å². The number of methoxy groups -OCH3 is 2. The van der Waals surface area contributed by atoms with Crippen molar-refractivity contribution in [3.8, 4) is 0 Å². The van der Waals surface area contributed by atoms with E-state index in [0.717, 1.165) is 5.69 Å². The number of rotatable bonds is 3. The van der Waals surface area contributed by atoms with Crippen LogP contribution in [-0.4, -0.2) is 43.1 Å². The van der Waals surface area contributed by atoms with Crippen LogP contribution >= 0.6 is 0 Å². The van der Waals surface area contributed by atoms with Gasteiger partial charge in [-0.1, -0.05) is 19.9 Å². The highest BCUT2D eigenvalue weighted by Crippen LogP contribution is 2.19. The lowest BCUT2D eigenvalue weighted by molar-refractivity contribution is 0.332. The molecule has 0 N–H and O–H groups in total. The molecule has 5 heteroatoms. The van der Waals surface area contributed by atoms with Gasteiger partial charge >= 0.3 is 0 Å². The first-order chi connectivity index (χ1) is 9.65. The maximum atomic E-state index is 5.41. The smallest absolute Gasteiger partial charge is 0.209 e. The third-order valence-corrected chi connectivity index (χ3v) is 3.27. The number of hydrogen-bond acceptors (Lipinski definition) is 5. The van der Waals surface area contributed by atoms with E-state index in [1.54, 1.807) is 20.4 Å². The van der Waals surface area contributed by atoms with Crippen LogP contribution in [0.5, 0.6) is 0 Å². The van der Waals surface area contributed by atoms with Crippen molar-refractivity contribution < 1.29 is 9.47 Å². The second-order valence-electron chi connectivity index (χ2n) is 5.07. The van der Waals surface area contributed by atoms with E-state index in [0.29, 0.717) is 24.1 Å². The van der Waals surface area contributed by atoms with Crippen LogP contribution in [0.2, 0.25) is 0 Å². The molecular formula is C15H21N3O2. The molecular weight excluding hydrogens is 254 g/mol. The number of nitrogens with zero attached hydrogens (tertiary/aromatic N) is 3. The van der Waals surface area contributed by atoms with Gasteiger partial charge in [-0.05, 0) is 18.1 Å². The van der Waals surface area contributed by atoms with Gasteiger partial charge < -0.3 is 9.47 Å². The molecule has 2 rings (SSSR count). The van der Waals surface area contributed by atoms with Crippen molar-refractivity contribution in [1.29, 1.82) is 0 Å². The largest absolute Gasteiger partial charge is 0.483 e. The van der Waals surface area contributed by atoms with Crippen molar-refractivity contribution in [2.75, 3.05) is 14.2 Å². The molecule has 1 aliphatic heterocycles. The van der Waals surface area contributed by atoms with Crippen LogP contribution in [0, 0.1) is 5.92 Å². The first kappa shape index (κ1) is 14.5. The van der Waals surface area contributed by atoms with Crippen LogP contribution in [0.15, 0.2) is 34.4 Å². The number of ether oxygens (including phenoxy) is 2. The fourth-order valence-corrected chi connectivity index (χ4v) is 2.21. The van der Waals surface area contributed by atoms with Gasteiger partial charge in [-0.3, -0.25) is 4.98 Å². The van der Waals surface area contributed by atoms with Crippen LogP contribution < -0.4 is 0 Å². The molecule has 1 aromatic rings. The zero-order chi connectivity index (χ0) is 14.5. The quantitative estimate of drug-likeness (QED) is 0.849. The summed E-state index contributed by atoms with van der Waals surface area (Å²) in [5.74, 6) is 1.63. The summed E-state index contributed by atoms with van der Waals surface area (Å²) in [5, 5.41) is 0. The predicted molar refractivity (Wildman–Crippen MR) is 79.2 cm³/mol. The SMILES string of the molecule is COC1=N[C@@H](C(C)C)C(OC)=N[C@H]1Cc1ccccn1. The number of hydrogen-bond donors (Lipinski definition) is 0. The van der Waals surface area contributed by atoms with Gasteiger partial charge in [0.25, 0.3) is 0 Å². The highest BCUT2D eigenvalue weighted by molar-refractivity contribution is 5.94. The first-order valence-electron chi connectivity index (χ1n) is 6.79. The summed E-state index contributed by atoms with van der Waals surface area (Å²) in [5.41, 5.74) is 0.962. The Morgan fingerprint density at radius 3 is 2.40 bits per heavy atom. The summed E-state index contributed by atoms with van der Waals surface area (Å²) in [6.45, 7) is 4.18. The molecule has 2 atom stereocenters. The molecule has 1 aliphatic rings. The Morgan fingerprint density at radius 1 is 1.10 bits per heavy atom. The Labute approximate surface area is 119 Å². The van der Waals surface area contributed by atoms with E-state index in [-0.39, 0.29) is 12.1 Å². The minimum absolute atomic E-state index is 0.0741. The number of aromatic nitrogens is 1. The van der Waals surface area contributed by atoms with E-state index in [1.807, 2.05) is 18.2 Å². The van der Waals surface area contributed by atoms with E-state index in [4.69, 9.17) is 9.47 Å². The van der Waals surface area contributed by atoms with E-state index < -0.39 is 0 Å². The average molecular weight is 275 g/mol. The summed E-state index contributed by atoms with van der Waals surface area (Å²) in [6, 6.07) is 5.60. The predicted octanol–water partition coefficient (Wildman–Crippen LogP) is 2.12. The Balaban J connectivity index is 2.23. The summed E-state index contributed by atoms with van der Waals surface area (Å²) >= 11 is 0. The van der Waals surface area contributed by atoms with Crippen molar-refractivity contribution in [3.05, 3.63) is 30.1 Å². The summed E-state index contributed by atoms with van der Waals surface area (Å²) < 4.78 is 10.8. The molecule has 0 aliphatic carbocycles. The molecule has 0 unspecified atom stereocenters. The van der Waals surface area contributed by atoms with Gasteiger partial charge in [-0.2, -0.15) is 0 Å². The molecule has 1 aromatic heterocycles. The number of aliphatic imine (C=N–C) groups is 2. The highest BCUT2D eigenvalue weighted by atomic mass is 16.5. The van der Waals surface area contributed by atoms with Crippen molar-refractivity contribution in [3.63, 3.8) is 0 Å². The van der Waals surface area contributed by atoms with E-state index in [9.17, 15) is 0 Å². The van der Waals surface area contributed by atoms with E-state index in [1.165, 1.54) is 0 Å². The molecule has 2 heterocycles. The van der Waals surface area contributed by atoms with Crippen LogP contribution in [0.3, 0.4) is 0 Å².